The smallest absolute Gasteiger partial charge is 0.311 e. The lowest BCUT2D eigenvalue weighted by Crippen LogP contribution is -2.09. The molecule has 0 atom stereocenters. The molecule has 2 rings (SSSR count). The number of aromatic nitrogens is 2. The molecule has 0 spiro atoms. The summed E-state index contributed by atoms with van der Waals surface area (Å²) in [5.41, 5.74) is 0.950. The number of anilines is 2. The Hall–Kier alpha value is -2.22. The molecule has 2 aromatic heterocycles. The number of hydrogen-bond acceptors (Lipinski definition) is 7. The lowest BCUT2D eigenvalue weighted by atomic mass is 10.3. The number of aryl methyl sites for hydroxylation is 1. The molecule has 2 heterocycles. The molecular formula is C12H15N5O2S. The fourth-order valence-electron chi connectivity index (χ4n) is 1.70. The van der Waals surface area contributed by atoms with Crippen LogP contribution >= 0.6 is 11.3 Å². The highest BCUT2D eigenvalue weighted by atomic mass is 32.1. The second kappa shape index (κ2) is 6.29. The van der Waals surface area contributed by atoms with Crippen molar-refractivity contribution in [1.82, 2.24) is 9.97 Å². The molecule has 0 saturated heterocycles. The van der Waals surface area contributed by atoms with E-state index in [1.807, 2.05) is 12.3 Å². The van der Waals surface area contributed by atoms with E-state index < -0.39 is 4.92 Å². The molecule has 106 valence electrons. The second-order valence-electron chi connectivity index (χ2n) is 4.11. The van der Waals surface area contributed by atoms with Gasteiger partial charge in [-0.15, -0.1) is 11.3 Å². The zero-order valence-electron chi connectivity index (χ0n) is 11.2. The van der Waals surface area contributed by atoms with Gasteiger partial charge in [-0.25, -0.2) is 9.97 Å². The van der Waals surface area contributed by atoms with Crippen LogP contribution in [-0.2, 0) is 6.42 Å². The first kappa shape index (κ1) is 14.2. The highest BCUT2D eigenvalue weighted by molar-refractivity contribution is 7.09. The van der Waals surface area contributed by atoms with Gasteiger partial charge in [0.1, 0.15) is 5.82 Å². The highest BCUT2D eigenvalue weighted by Crippen LogP contribution is 2.23. The molecule has 2 aromatic rings. The standard InChI is InChI=1S/C12H15N5O2S/c1-8-15-9(7-20-8)5-6-14-12-10(17(18)19)3-4-11(13-2)16-12/h3-4,7H,5-6H2,1-2H3,(H2,13,14,16). The van der Waals surface area contributed by atoms with Crippen LogP contribution in [0.15, 0.2) is 17.5 Å². The van der Waals surface area contributed by atoms with Crippen molar-refractivity contribution in [3.63, 3.8) is 0 Å². The number of pyridine rings is 1. The summed E-state index contributed by atoms with van der Waals surface area (Å²) in [6, 6.07) is 3.02. The largest absolute Gasteiger partial charge is 0.373 e. The summed E-state index contributed by atoms with van der Waals surface area (Å²) < 4.78 is 0. The lowest BCUT2D eigenvalue weighted by molar-refractivity contribution is -0.384. The average molecular weight is 293 g/mol. The van der Waals surface area contributed by atoms with Crippen molar-refractivity contribution >= 4 is 28.7 Å². The van der Waals surface area contributed by atoms with Gasteiger partial charge in [-0.05, 0) is 13.0 Å². The zero-order valence-corrected chi connectivity index (χ0v) is 12.0. The maximum Gasteiger partial charge on any atom is 0.311 e. The van der Waals surface area contributed by atoms with Crippen molar-refractivity contribution in [2.45, 2.75) is 13.3 Å². The Morgan fingerprint density at radius 2 is 2.20 bits per heavy atom. The fourth-order valence-corrected chi connectivity index (χ4v) is 2.35. The van der Waals surface area contributed by atoms with E-state index in [-0.39, 0.29) is 11.5 Å². The number of nitro groups is 1. The normalized spacial score (nSPS) is 10.3. The van der Waals surface area contributed by atoms with Gasteiger partial charge in [-0.1, -0.05) is 0 Å². The first-order valence-electron chi connectivity index (χ1n) is 6.08. The summed E-state index contributed by atoms with van der Waals surface area (Å²) >= 11 is 1.59. The summed E-state index contributed by atoms with van der Waals surface area (Å²) in [6.07, 6.45) is 0.701. The van der Waals surface area contributed by atoms with Gasteiger partial charge in [0.05, 0.1) is 15.6 Å². The van der Waals surface area contributed by atoms with Crippen molar-refractivity contribution in [2.75, 3.05) is 24.2 Å². The second-order valence-corrected chi connectivity index (χ2v) is 5.17. The quantitative estimate of drug-likeness (QED) is 0.627. The summed E-state index contributed by atoms with van der Waals surface area (Å²) in [7, 11) is 1.72. The van der Waals surface area contributed by atoms with Crippen LogP contribution in [0, 0.1) is 17.0 Å². The SMILES string of the molecule is CNc1ccc([N+](=O)[O-])c(NCCc2csc(C)n2)n1. The Bertz CT molecular complexity index is 614. The van der Waals surface area contributed by atoms with Crippen LogP contribution in [-0.4, -0.2) is 28.5 Å². The Morgan fingerprint density at radius 3 is 2.80 bits per heavy atom. The van der Waals surface area contributed by atoms with Crippen molar-refractivity contribution in [3.8, 4) is 0 Å². The van der Waals surface area contributed by atoms with Crippen molar-refractivity contribution in [1.29, 1.82) is 0 Å². The predicted octanol–water partition coefficient (Wildman–Crippen LogP) is 2.45. The molecule has 0 bridgehead atoms. The van der Waals surface area contributed by atoms with Crippen LogP contribution in [0.1, 0.15) is 10.7 Å². The molecule has 8 heteroatoms. The van der Waals surface area contributed by atoms with E-state index in [9.17, 15) is 10.1 Å². The molecule has 0 fully saturated rings. The molecule has 0 aliphatic carbocycles. The van der Waals surface area contributed by atoms with E-state index in [0.29, 0.717) is 18.8 Å². The van der Waals surface area contributed by atoms with E-state index in [2.05, 4.69) is 20.6 Å². The molecular weight excluding hydrogens is 278 g/mol. The molecule has 0 aliphatic rings. The molecule has 0 unspecified atom stereocenters. The maximum absolute atomic E-state index is 11.0. The molecule has 7 nitrogen and oxygen atoms in total. The van der Waals surface area contributed by atoms with E-state index in [1.54, 1.807) is 24.5 Å². The lowest BCUT2D eigenvalue weighted by Gasteiger charge is -2.07. The van der Waals surface area contributed by atoms with Gasteiger partial charge in [0.15, 0.2) is 0 Å². The highest BCUT2D eigenvalue weighted by Gasteiger charge is 2.15. The van der Waals surface area contributed by atoms with E-state index in [1.165, 1.54) is 6.07 Å². The molecule has 0 saturated carbocycles. The third-order valence-corrected chi connectivity index (χ3v) is 3.49. The van der Waals surface area contributed by atoms with Crippen molar-refractivity contribution < 1.29 is 4.92 Å². The summed E-state index contributed by atoms with van der Waals surface area (Å²) in [6.45, 7) is 2.49. The van der Waals surface area contributed by atoms with Crippen LogP contribution in [0.3, 0.4) is 0 Å². The Morgan fingerprint density at radius 1 is 1.40 bits per heavy atom. The van der Waals surface area contributed by atoms with Gasteiger partial charge in [-0.2, -0.15) is 0 Å². The van der Waals surface area contributed by atoms with Gasteiger partial charge < -0.3 is 10.6 Å². The Labute approximate surface area is 120 Å². The minimum atomic E-state index is -0.443. The van der Waals surface area contributed by atoms with Gasteiger partial charge in [-0.3, -0.25) is 10.1 Å². The third-order valence-electron chi connectivity index (χ3n) is 2.67. The van der Waals surface area contributed by atoms with Gasteiger partial charge in [0.2, 0.25) is 5.82 Å². The van der Waals surface area contributed by atoms with Crippen LogP contribution in [0.2, 0.25) is 0 Å². The first-order chi connectivity index (χ1) is 9.60. The third kappa shape index (κ3) is 3.41. The van der Waals surface area contributed by atoms with E-state index in [4.69, 9.17) is 0 Å². The summed E-state index contributed by atoms with van der Waals surface area (Å²) in [4.78, 5) is 19.0. The number of nitrogens with zero attached hydrogens (tertiary/aromatic N) is 3. The van der Waals surface area contributed by atoms with Crippen LogP contribution in [0.5, 0.6) is 0 Å². The number of rotatable bonds is 6. The van der Waals surface area contributed by atoms with Crippen molar-refractivity contribution in [3.05, 3.63) is 38.3 Å². The Balaban J connectivity index is 2.05. The molecule has 0 amide bonds. The maximum atomic E-state index is 11.0. The average Bonchev–Trinajstić information content (AvgIpc) is 2.84. The van der Waals surface area contributed by atoms with Gasteiger partial charge >= 0.3 is 5.69 Å². The van der Waals surface area contributed by atoms with Crippen LogP contribution in [0.25, 0.3) is 0 Å². The Kier molecular flexibility index (Phi) is 4.46. The first-order valence-corrected chi connectivity index (χ1v) is 6.96. The monoisotopic (exact) mass is 293 g/mol. The number of nitrogens with one attached hydrogen (secondary N) is 2. The number of thiazole rings is 1. The van der Waals surface area contributed by atoms with Crippen LogP contribution in [0.4, 0.5) is 17.3 Å². The summed E-state index contributed by atoms with van der Waals surface area (Å²) in [5.74, 6) is 0.858. The van der Waals surface area contributed by atoms with Gasteiger partial charge in [0.25, 0.3) is 0 Å². The van der Waals surface area contributed by atoms with E-state index in [0.717, 1.165) is 10.7 Å². The van der Waals surface area contributed by atoms with Crippen LogP contribution < -0.4 is 10.6 Å². The topological polar surface area (TPSA) is 93.0 Å². The molecule has 0 aromatic carbocycles. The minimum absolute atomic E-state index is 0.0292. The molecule has 20 heavy (non-hydrogen) atoms. The summed E-state index contributed by atoms with van der Waals surface area (Å²) in [5, 5.41) is 19.8. The van der Waals surface area contributed by atoms with Crippen molar-refractivity contribution in [2.24, 2.45) is 0 Å². The fraction of sp³-hybridized carbons (Fsp3) is 0.333. The molecule has 0 aliphatic heterocycles. The van der Waals surface area contributed by atoms with Gasteiger partial charge in [0, 0.05) is 31.5 Å². The van der Waals surface area contributed by atoms with E-state index >= 15 is 0 Å². The zero-order chi connectivity index (χ0) is 14.5. The molecule has 0 radical (unpaired) electrons. The predicted molar refractivity (Wildman–Crippen MR) is 79.5 cm³/mol. The minimum Gasteiger partial charge on any atom is -0.373 e. The molecule has 2 N–H and O–H groups in total. The number of hydrogen-bond donors (Lipinski definition) is 2.